The molecule has 1 saturated carbocycles. The molecule has 0 atom stereocenters. The zero-order chi connectivity index (χ0) is 11.5. The Bertz CT molecular complexity index is 214. The molecular formula is C12H24N2S. The minimum Gasteiger partial charge on any atom is -0.361 e. The van der Waals surface area contributed by atoms with Crippen molar-refractivity contribution in [2.75, 3.05) is 0 Å². The van der Waals surface area contributed by atoms with Crippen LogP contribution >= 0.6 is 12.2 Å². The second-order valence-corrected chi connectivity index (χ2v) is 6.12. The second kappa shape index (κ2) is 5.15. The molecular weight excluding hydrogens is 204 g/mol. The lowest BCUT2D eigenvalue weighted by Gasteiger charge is -2.35. The summed E-state index contributed by atoms with van der Waals surface area (Å²) in [7, 11) is 0. The van der Waals surface area contributed by atoms with Crippen LogP contribution in [-0.2, 0) is 0 Å². The molecule has 0 saturated heterocycles. The third kappa shape index (κ3) is 4.83. The Morgan fingerprint density at radius 3 is 2.27 bits per heavy atom. The van der Waals surface area contributed by atoms with Gasteiger partial charge < -0.3 is 10.6 Å². The number of nitrogens with one attached hydrogen (secondary N) is 2. The summed E-state index contributed by atoms with van der Waals surface area (Å²) in [5.74, 6) is 0. The Labute approximate surface area is 99.2 Å². The van der Waals surface area contributed by atoms with Gasteiger partial charge in [0.1, 0.15) is 0 Å². The van der Waals surface area contributed by atoms with E-state index in [-0.39, 0.29) is 0 Å². The lowest BCUT2D eigenvalue weighted by atomic mass is 9.76. The molecule has 2 N–H and O–H groups in total. The normalized spacial score (nSPS) is 21.4. The molecule has 88 valence electrons. The Morgan fingerprint density at radius 1 is 1.27 bits per heavy atom. The quantitative estimate of drug-likeness (QED) is 0.711. The van der Waals surface area contributed by atoms with Crippen molar-refractivity contribution >= 4 is 17.3 Å². The van der Waals surface area contributed by atoms with Gasteiger partial charge in [-0.2, -0.15) is 0 Å². The van der Waals surface area contributed by atoms with Gasteiger partial charge in [0.05, 0.1) is 0 Å². The molecule has 0 spiro atoms. The number of thiocarbonyl (C=S) groups is 1. The van der Waals surface area contributed by atoms with Crippen molar-refractivity contribution < 1.29 is 0 Å². The van der Waals surface area contributed by atoms with Crippen molar-refractivity contribution in [3.8, 4) is 0 Å². The van der Waals surface area contributed by atoms with Gasteiger partial charge in [0.2, 0.25) is 0 Å². The van der Waals surface area contributed by atoms with Crippen LogP contribution in [0, 0.1) is 5.41 Å². The van der Waals surface area contributed by atoms with Crippen molar-refractivity contribution in [1.82, 2.24) is 10.6 Å². The number of hydrogen-bond donors (Lipinski definition) is 2. The standard InChI is InChI=1S/C12H24N2S/c1-9(2)13-11(15)14-10-5-7-12(3,4)8-6-10/h9-10H,5-8H2,1-4H3,(H2,13,14,15). The van der Waals surface area contributed by atoms with E-state index in [0.717, 1.165) is 5.11 Å². The Hall–Kier alpha value is -0.310. The highest BCUT2D eigenvalue weighted by Crippen LogP contribution is 2.34. The Balaban J connectivity index is 2.27. The van der Waals surface area contributed by atoms with Crippen molar-refractivity contribution in [2.45, 2.75) is 65.5 Å². The maximum Gasteiger partial charge on any atom is 0.166 e. The van der Waals surface area contributed by atoms with Crippen LogP contribution in [0.3, 0.4) is 0 Å². The van der Waals surface area contributed by atoms with Gasteiger partial charge in [-0.15, -0.1) is 0 Å². The first-order chi connectivity index (χ1) is 6.89. The molecule has 0 aromatic rings. The molecule has 1 aliphatic rings. The lowest BCUT2D eigenvalue weighted by molar-refractivity contribution is 0.217. The van der Waals surface area contributed by atoms with Gasteiger partial charge >= 0.3 is 0 Å². The minimum atomic E-state index is 0.421. The average molecular weight is 228 g/mol. The summed E-state index contributed by atoms with van der Waals surface area (Å²) >= 11 is 5.25. The molecule has 0 aromatic heterocycles. The maximum atomic E-state index is 5.25. The molecule has 2 nitrogen and oxygen atoms in total. The van der Waals surface area contributed by atoms with E-state index in [0.29, 0.717) is 17.5 Å². The van der Waals surface area contributed by atoms with Gasteiger partial charge in [-0.1, -0.05) is 13.8 Å². The Morgan fingerprint density at radius 2 is 1.80 bits per heavy atom. The molecule has 0 aromatic carbocycles. The third-order valence-corrected chi connectivity index (χ3v) is 3.33. The van der Waals surface area contributed by atoms with E-state index in [2.05, 4.69) is 38.3 Å². The average Bonchev–Trinajstić information content (AvgIpc) is 2.07. The molecule has 1 aliphatic carbocycles. The summed E-state index contributed by atoms with van der Waals surface area (Å²) in [5, 5.41) is 7.45. The van der Waals surface area contributed by atoms with Crippen LogP contribution in [0.4, 0.5) is 0 Å². The first-order valence-electron chi connectivity index (χ1n) is 5.96. The number of hydrogen-bond acceptors (Lipinski definition) is 1. The van der Waals surface area contributed by atoms with Gasteiger partial charge in [0.25, 0.3) is 0 Å². The molecule has 0 heterocycles. The molecule has 15 heavy (non-hydrogen) atoms. The molecule has 0 unspecified atom stereocenters. The fourth-order valence-corrected chi connectivity index (χ4v) is 2.44. The summed E-state index contributed by atoms with van der Waals surface area (Å²) in [4.78, 5) is 0. The van der Waals surface area contributed by atoms with Crippen molar-refractivity contribution in [2.24, 2.45) is 5.41 Å². The highest BCUT2D eigenvalue weighted by atomic mass is 32.1. The lowest BCUT2D eigenvalue weighted by Crippen LogP contribution is -2.46. The predicted octanol–water partition coefficient (Wildman–Crippen LogP) is 2.83. The minimum absolute atomic E-state index is 0.421. The third-order valence-electron chi connectivity index (χ3n) is 3.09. The van der Waals surface area contributed by atoms with Crippen LogP contribution in [0.25, 0.3) is 0 Å². The van der Waals surface area contributed by atoms with Crippen molar-refractivity contribution in [3.05, 3.63) is 0 Å². The topological polar surface area (TPSA) is 24.1 Å². The second-order valence-electron chi connectivity index (χ2n) is 5.71. The monoisotopic (exact) mass is 228 g/mol. The number of rotatable bonds is 2. The van der Waals surface area contributed by atoms with Crippen LogP contribution in [-0.4, -0.2) is 17.2 Å². The summed E-state index contributed by atoms with van der Waals surface area (Å²) in [6.07, 6.45) is 5.09. The van der Waals surface area contributed by atoms with Gasteiger partial charge in [-0.05, 0) is 57.2 Å². The van der Waals surface area contributed by atoms with Crippen LogP contribution in [0.2, 0.25) is 0 Å². The highest BCUT2D eigenvalue weighted by molar-refractivity contribution is 7.80. The largest absolute Gasteiger partial charge is 0.361 e. The van der Waals surface area contributed by atoms with E-state index in [9.17, 15) is 0 Å². The molecule has 1 rings (SSSR count). The van der Waals surface area contributed by atoms with E-state index >= 15 is 0 Å². The van der Waals surface area contributed by atoms with Gasteiger partial charge in [0.15, 0.2) is 5.11 Å². The molecule has 3 heteroatoms. The SMILES string of the molecule is CC(C)NC(=S)NC1CCC(C)(C)CC1. The van der Waals surface area contributed by atoms with Crippen LogP contribution < -0.4 is 10.6 Å². The first-order valence-corrected chi connectivity index (χ1v) is 6.37. The van der Waals surface area contributed by atoms with Gasteiger partial charge in [-0.3, -0.25) is 0 Å². The van der Waals surface area contributed by atoms with Gasteiger partial charge in [-0.25, -0.2) is 0 Å². The van der Waals surface area contributed by atoms with Crippen molar-refractivity contribution in [3.63, 3.8) is 0 Å². The van der Waals surface area contributed by atoms with E-state index in [1.807, 2.05) is 0 Å². The van der Waals surface area contributed by atoms with E-state index in [1.165, 1.54) is 25.7 Å². The van der Waals surface area contributed by atoms with E-state index in [1.54, 1.807) is 0 Å². The molecule has 0 radical (unpaired) electrons. The molecule has 0 aliphatic heterocycles. The smallest absolute Gasteiger partial charge is 0.166 e. The zero-order valence-corrected chi connectivity index (χ0v) is 11.2. The molecule has 0 bridgehead atoms. The summed E-state index contributed by atoms with van der Waals surface area (Å²) in [6, 6.07) is 1.00. The molecule has 1 fully saturated rings. The maximum absolute atomic E-state index is 5.25. The van der Waals surface area contributed by atoms with Crippen LogP contribution in [0.5, 0.6) is 0 Å². The fourth-order valence-electron chi connectivity index (χ4n) is 2.03. The van der Waals surface area contributed by atoms with Crippen LogP contribution in [0.1, 0.15) is 53.4 Å². The van der Waals surface area contributed by atoms with Crippen LogP contribution in [0.15, 0.2) is 0 Å². The summed E-state index contributed by atoms with van der Waals surface area (Å²) < 4.78 is 0. The Kier molecular flexibility index (Phi) is 4.38. The highest BCUT2D eigenvalue weighted by Gasteiger charge is 2.26. The predicted molar refractivity (Wildman–Crippen MR) is 70.0 cm³/mol. The van der Waals surface area contributed by atoms with Crippen molar-refractivity contribution in [1.29, 1.82) is 0 Å². The van der Waals surface area contributed by atoms with E-state index < -0.39 is 0 Å². The fraction of sp³-hybridized carbons (Fsp3) is 0.917. The zero-order valence-electron chi connectivity index (χ0n) is 10.4. The summed E-state index contributed by atoms with van der Waals surface area (Å²) in [5.41, 5.74) is 0.533. The summed E-state index contributed by atoms with van der Waals surface area (Å²) in [6.45, 7) is 8.93. The van der Waals surface area contributed by atoms with Gasteiger partial charge in [0, 0.05) is 12.1 Å². The van der Waals surface area contributed by atoms with E-state index in [4.69, 9.17) is 12.2 Å². The first kappa shape index (κ1) is 12.8. The molecule has 0 amide bonds.